The molecule has 108 valence electrons. The van der Waals surface area contributed by atoms with Gasteiger partial charge in [0, 0.05) is 48.5 Å². The number of hydrogen-bond acceptors (Lipinski definition) is 3. The smallest absolute Gasteiger partial charge is 0.0761 e. The lowest BCUT2D eigenvalue weighted by molar-refractivity contribution is 0.692. The van der Waals surface area contributed by atoms with Crippen molar-refractivity contribution >= 4 is 22.5 Å². The van der Waals surface area contributed by atoms with Crippen LogP contribution in [0.1, 0.15) is 16.8 Å². The molecular formula is C16H17ClN4. The Morgan fingerprint density at radius 2 is 2.00 bits per heavy atom. The molecule has 0 amide bonds. The highest BCUT2D eigenvalue weighted by atomic mass is 35.5. The average molecular weight is 301 g/mol. The molecule has 0 aliphatic carbocycles. The van der Waals surface area contributed by atoms with E-state index in [-0.39, 0.29) is 0 Å². The van der Waals surface area contributed by atoms with E-state index in [1.165, 1.54) is 5.56 Å². The van der Waals surface area contributed by atoms with Crippen LogP contribution in [0.2, 0.25) is 5.02 Å². The van der Waals surface area contributed by atoms with Gasteiger partial charge in [0.1, 0.15) is 0 Å². The Morgan fingerprint density at radius 3 is 2.76 bits per heavy atom. The molecule has 0 unspecified atom stereocenters. The van der Waals surface area contributed by atoms with Gasteiger partial charge in [0.05, 0.1) is 11.2 Å². The van der Waals surface area contributed by atoms with E-state index in [1.807, 2.05) is 49.1 Å². The number of rotatable bonds is 4. The minimum absolute atomic E-state index is 0.741. The van der Waals surface area contributed by atoms with Crippen molar-refractivity contribution in [2.45, 2.75) is 20.0 Å². The van der Waals surface area contributed by atoms with E-state index in [9.17, 15) is 0 Å². The summed E-state index contributed by atoms with van der Waals surface area (Å²) in [4.78, 5) is 4.45. The summed E-state index contributed by atoms with van der Waals surface area (Å²) in [6, 6.07) is 7.86. The Morgan fingerprint density at radius 1 is 1.19 bits per heavy atom. The molecule has 0 spiro atoms. The molecular weight excluding hydrogens is 284 g/mol. The van der Waals surface area contributed by atoms with Crippen molar-refractivity contribution in [1.29, 1.82) is 0 Å². The highest BCUT2D eigenvalue weighted by molar-refractivity contribution is 6.35. The van der Waals surface area contributed by atoms with Crippen molar-refractivity contribution in [2.75, 3.05) is 0 Å². The van der Waals surface area contributed by atoms with Crippen LogP contribution >= 0.6 is 11.6 Å². The van der Waals surface area contributed by atoms with Gasteiger partial charge in [0.15, 0.2) is 0 Å². The van der Waals surface area contributed by atoms with Crippen molar-refractivity contribution in [2.24, 2.45) is 7.05 Å². The minimum atomic E-state index is 0.741. The number of halogens is 1. The van der Waals surface area contributed by atoms with Gasteiger partial charge >= 0.3 is 0 Å². The van der Waals surface area contributed by atoms with Crippen LogP contribution in [-0.4, -0.2) is 14.8 Å². The summed E-state index contributed by atoms with van der Waals surface area (Å²) in [7, 11) is 1.94. The summed E-state index contributed by atoms with van der Waals surface area (Å²) in [6.07, 6.45) is 3.84. The zero-order valence-electron chi connectivity index (χ0n) is 12.1. The molecule has 3 rings (SSSR count). The summed E-state index contributed by atoms with van der Waals surface area (Å²) < 4.78 is 1.84. The molecule has 2 aromatic heterocycles. The maximum absolute atomic E-state index is 6.21. The lowest BCUT2D eigenvalue weighted by Gasteiger charge is -2.08. The predicted octanol–water partition coefficient (Wildman–Crippen LogP) is 3.22. The molecule has 3 aromatic rings. The van der Waals surface area contributed by atoms with E-state index in [4.69, 9.17) is 11.6 Å². The van der Waals surface area contributed by atoms with Crippen LogP contribution in [0.15, 0.2) is 36.7 Å². The number of nitrogens with zero attached hydrogens (tertiary/aromatic N) is 3. The fourth-order valence-electron chi connectivity index (χ4n) is 2.49. The first-order valence-corrected chi connectivity index (χ1v) is 7.25. The van der Waals surface area contributed by atoms with Crippen LogP contribution in [-0.2, 0) is 20.1 Å². The van der Waals surface area contributed by atoms with Gasteiger partial charge in [-0.15, -0.1) is 0 Å². The number of aryl methyl sites for hydroxylation is 2. The number of aromatic nitrogens is 3. The Labute approximate surface area is 128 Å². The third-order valence-electron chi connectivity index (χ3n) is 3.55. The Balaban J connectivity index is 1.77. The SMILES string of the molecule is Cc1nn(C)cc1CNCc1ccc(Cl)c2cccnc12. The molecule has 0 aliphatic rings. The highest BCUT2D eigenvalue weighted by Gasteiger charge is 2.06. The quantitative estimate of drug-likeness (QED) is 0.804. The summed E-state index contributed by atoms with van der Waals surface area (Å²) in [5.41, 5.74) is 4.38. The summed E-state index contributed by atoms with van der Waals surface area (Å²) >= 11 is 6.21. The second-order valence-corrected chi connectivity index (χ2v) is 5.53. The van der Waals surface area contributed by atoms with Crippen molar-refractivity contribution in [1.82, 2.24) is 20.1 Å². The van der Waals surface area contributed by atoms with Gasteiger partial charge in [-0.25, -0.2) is 0 Å². The maximum atomic E-state index is 6.21. The lowest BCUT2D eigenvalue weighted by Crippen LogP contribution is -2.13. The van der Waals surface area contributed by atoms with Gasteiger partial charge in [0.2, 0.25) is 0 Å². The number of pyridine rings is 1. The van der Waals surface area contributed by atoms with Gasteiger partial charge in [-0.1, -0.05) is 17.7 Å². The highest BCUT2D eigenvalue weighted by Crippen LogP contribution is 2.24. The fraction of sp³-hybridized carbons (Fsp3) is 0.250. The zero-order chi connectivity index (χ0) is 14.8. The molecule has 0 bridgehead atoms. The van der Waals surface area contributed by atoms with E-state index >= 15 is 0 Å². The predicted molar refractivity (Wildman–Crippen MR) is 85.2 cm³/mol. The monoisotopic (exact) mass is 300 g/mol. The average Bonchev–Trinajstić information content (AvgIpc) is 2.80. The van der Waals surface area contributed by atoms with Crippen molar-refractivity contribution in [3.63, 3.8) is 0 Å². The van der Waals surface area contributed by atoms with Crippen LogP contribution < -0.4 is 5.32 Å². The molecule has 21 heavy (non-hydrogen) atoms. The molecule has 0 atom stereocenters. The van der Waals surface area contributed by atoms with Gasteiger partial charge in [-0.05, 0) is 30.7 Å². The van der Waals surface area contributed by atoms with Gasteiger partial charge in [0.25, 0.3) is 0 Å². The number of fused-ring (bicyclic) bond motifs is 1. The van der Waals surface area contributed by atoms with Crippen molar-refractivity contribution in [3.8, 4) is 0 Å². The van der Waals surface area contributed by atoms with E-state index in [1.54, 1.807) is 6.20 Å². The number of nitrogens with one attached hydrogen (secondary N) is 1. The molecule has 4 nitrogen and oxygen atoms in total. The van der Waals surface area contributed by atoms with Crippen molar-refractivity contribution < 1.29 is 0 Å². The van der Waals surface area contributed by atoms with Gasteiger partial charge in [-0.3, -0.25) is 9.67 Å². The zero-order valence-corrected chi connectivity index (χ0v) is 12.9. The molecule has 1 N–H and O–H groups in total. The van der Waals surface area contributed by atoms with E-state index in [0.717, 1.165) is 40.3 Å². The molecule has 5 heteroatoms. The largest absolute Gasteiger partial charge is 0.308 e. The van der Waals surface area contributed by atoms with Gasteiger partial charge in [-0.2, -0.15) is 5.10 Å². The van der Waals surface area contributed by atoms with Crippen LogP contribution in [0.4, 0.5) is 0 Å². The van der Waals surface area contributed by atoms with Crippen molar-refractivity contribution in [3.05, 3.63) is 58.5 Å². The molecule has 2 heterocycles. The standard InChI is InChI=1S/C16H17ClN4/c1-11-13(10-21(2)20-11)9-18-8-12-5-6-15(17)14-4-3-7-19-16(12)14/h3-7,10,18H,8-9H2,1-2H3. The molecule has 0 aliphatic heterocycles. The molecule has 0 radical (unpaired) electrons. The van der Waals surface area contributed by atoms with Crippen LogP contribution in [0.25, 0.3) is 10.9 Å². The number of benzene rings is 1. The van der Waals surface area contributed by atoms with Crippen LogP contribution in [0, 0.1) is 6.92 Å². The summed E-state index contributed by atoms with van der Waals surface area (Å²) in [5.74, 6) is 0. The van der Waals surface area contributed by atoms with Gasteiger partial charge < -0.3 is 5.32 Å². The third-order valence-corrected chi connectivity index (χ3v) is 3.88. The van der Waals surface area contributed by atoms with E-state index < -0.39 is 0 Å². The first-order valence-electron chi connectivity index (χ1n) is 6.87. The first-order chi connectivity index (χ1) is 10.1. The Hall–Kier alpha value is -1.91. The maximum Gasteiger partial charge on any atom is 0.0761 e. The first kappa shape index (κ1) is 14.0. The van der Waals surface area contributed by atoms with E-state index in [2.05, 4.69) is 15.4 Å². The summed E-state index contributed by atoms with van der Waals surface area (Å²) in [5, 5.41) is 9.53. The third kappa shape index (κ3) is 2.91. The Kier molecular flexibility index (Phi) is 3.90. The molecule has 0 saturated heterocycles. The minimum Gasteiger partial charge on any atom is -0.308 e. The Bertz CT molecular complexity index is 779. The van der Waals surface area contributed by atoms with Crippen LogP contribution in [0.3, 0.4) is 0 Å². The molecule has 1 aromatic carbocycles. The normalized spacial score (nSPS) is 11.2. The van der Waals surface area contributed by atoms with Crippen LogP contribution in [0.5, 0.6) is 0 Å². The lowest BCUT2D eigenvalue weighted by atomic mass is 10.1. The molecule has 0 fully saturated rings. The number of hydrogen-bond donors (Lipinski definition) is 1. The second-order valence-electron chi connectivity index (χ2n) is 5.12. The molecule has 0 saturated carbocycles. The summed E-state index contributed by atoms with van der Waals surface area (Å²) in [6.45, 7) is 3.56. The second kappa shape index (κ2) is 5.84. The van der Waals surface area contributed by atoms with E-state index in [0.29, 0.717) is 0 Å². The topological polar surface area (TPSA) is 42.7 Å². The fourth-order valence-corrected chi connectivity index (χ4v) is 2.71.